The van der Waals surface area contributed by atoms with Crippen molar-refractivity contribution in [2.45, 2.75) is 33.4 Å². The van der Waals surface area contributed by atoms with Crippen molar-refractivity contribution in [2.24, 2.45) is 5.92 Å². The summed E-state index contributed by atoms with van der Waals surface area (Å²) in [5.41, 5.74) is 1.11. The Bertz CT molecular complexity index is 379. The Morgan fingerprint density at radius 3 is 1.84 bits per heavy atom. The Morgan fingerprint density at radius 1 is 0.947 bits per heavy atom. The molecule has 0 amide bonds. The van der Waals surface area contributed by atoms with Gasteiger partial charge in [-0.2, -0.15) is 0 Å². The third-order valence-electron chi connectivity index (χ3n) is 3.35. The SMILES string of the molecule is COc1cc(CNC(C)C(C)C)cc(OC)c1OC. The van der Waals surface area contributed by atoms with E-state index in [4.69, 9.17) is 14.2 Å². The monoisotopic (exact) mass is 267 g/mol. The number of nitrogens with one attached hydrogen (secondary N) is 1. The van der Waals surface area contributed by atoms with Gasteiger partial charge in [0.05, 0.1) is 21.3 Å². The highest BCUT2D eigenvalue weighted by molar-refractivity contribution is 5.53. The predicted molar refractivity (Wildman–Crippen MR) is 77.2 cm³/mol. The van der Waals surface area contributed by atoms with Crippen LogP contribution in [0, 0.1) is 5.92 Å². The van der Waals surface area contributed by atoms with Gasteiger partial charge in [-0.15, -0.1) is 0 Å². The lowest BCUT2D eigenvalue weighted by atomic mass is 10.1. The van der Waals surface area contributed by atoms with Gasteiger partial charge in [-0.3, -0.25) is 0 Å². The molecule has 4 nitrogen and oxygen atoms in total. The molecule has 1 rings (SSSR count). The maximum Gasteiger partial charge on any atom is 0.203 e. The third-order valence-corrected chi connectivity index (χ3v) is 3.35. The molecule has 19 heavy (non-hydrogen) atoms. The molecule has 0 heterocycles. The zero-order valence-electron chi connectivity index (χ0n) is 12.7. The van der Waals surface area contributed by atoms with Crippen LogP contribution in [-0.2, 0) is 6.54 Å². The van der Waals surface area contributed by atoms with Gasteiger partial charge in [-0.25, -0.2) is 0 Å². The summed E-state index contributed by atoms with van der Waals surface area (Å²) in [6, 6.07) is 4.40. The van der Waals surface area contributed by atoms with Gasteiger partial charge in [-0.1, -0.05) is 13.8 Å². The average Bonchev–Trinajstić information content (AvgIpc) is 2.42. The van der Waals surface area contributed by atoms with Gasteiger partial charge in [0.15, 0.2) is 11.5 Å². The molecular formula is C15H25NO3. The Hall–Kier alpha value is -1.42. The maximum atomic E-state index is 5.34. The summed E-state index contributed by atoms with van der Waals surface area (Å²) in [5, 5.41) is 3.49. The van der Waals surface area contributed by atoms with Crippen LogP contribution in [0.4, 0.5) is 0 Å². The largest absolute Gasteiger partial charge is 0.493 e. The van der Waals surface area contributed by atoms with Gasteiger partial charge in [0.1, 0.15) is 0 Å². The van der Waals surface area contributed by atoms with Crippen LogP contribution in [0.5, 0.6) is 17.2 Å². The van der Waals surface area contributed by atoms with E-state index in [0.29, 0.717) is 29.2 Å². The minimum absolute atomic E-state index is 0.457. The Morgan fingerprint density at radius 2 is 1.47 bits per heavy atom. The summed E-state index contributed by atoms with van der Waals surface area (Å²) >= 11 is 0. The van der Waals surface area contributed by atoms with Gasteiger partial charge >= 0.3 is 0 Å². The molecule has 1 N–H and O–H groups in total. The molecule has 0 aliphatic carbocycles. The van der Waals surface area contributed by atoms with Gasteiger partial charge < -0.3 is 19.5 Å². The molecule has 0 saturated heterocycles. The number of hydrogen-bond donors (Lipinski definition) is 1. The summed E-state index contributed by atoms with van der Waals surface area (Å²) in [6.45, 7) is 7.36. The van der Waals surface area contributed by atoms with E-state index in [-0.39, 0.29) is 0 Å². The molecule has 0 bridgehead atoms. The molecule has 0 spiro atoms. The standard InChI is InChI=1S/C15H25NO3/c1-10(2)11(3)16-9-12-7-13(17-4)15(19-6)14(8-12)18-5/h7-8,10-11,16H,9H2,1-6H3. The molecule has 1 aromatic carbocycles. The quantitative estimate of drug-likeness (QED) is 0.824. The first-order valence-corrected chi connectivity index (χ1v) is 6.55. The average molecular weight is 267 g/mol. The van der Waals surface area contributed by atoms with Gasteiger partial charge in [0, 0.05) is 12.6 Å². The summed E-state index contributed by atoms with van der Waals surface area (Å²) in [6.07, 6.45) is 0. The van der Waals surface area contributed by atoms with E-state index in [1.807, 2.05) is 12.1 Å². The molecule has 0 aliphatic rings. The second-order valence-electron chi connectivity index (χ2n) is 4.95. The van der Waals surface area contributed by atoms with Gasteiger partial charge in [0.2, 0.25) is 5.75 Å². The van der Waals surface area contributed by atoms with Crippen LogP contribution in [0.25, 0.3) is 0 Å². The van der Waals surface area contributed by atoms with Crippen LogP contribution in [-0.4, -0.2) is 27.4 Å². The summed E-state index contributed by atoms with van der Waals surface area (Å²) in [4.78, 5) is 0. The molecule has 1 aromatic rings. The van der Waals surface area contributed by atoms with Crippen LogP contribution < -0.4 is 19.5 Å². The molecule has 0 aliphatic heterocycles. The van der Waals surface area contributed by atoms with E-state index in [1.165, 1.54) is 0 Å². The first-order valence-electron chi connectivity index (χ1n) is 6.55. The fourth-order valence-electron chi connectivity index (χ4n) is 1.75. The molecule has 1 atom stereocenters. The molecule has 0 fully saturated rings. The van der Waals surface area contributed by atoms with Crippen LogP contribution in [0.2, 0.25) is 0 Å². The first-order chi connectivity index (χ1) is 9.03. The van der Waals surface area contributed by atoms with E-state index in [0.717, 1.165) is 12.1 Å². The first kappa shape index (κ1) is 15.6. The smallest absolute Gasteiger partial charge is 0.203 e. The normalized spacial score (nSPS) is 12.4. The molecule has 0 radical (unpaired) electrons. The highest BCUT2D eigenvalue weighted by Gasteiger charge is 2.14. The topological polar surface area (TPSA) is 39.7 Å². The molecule has 4 heteroatoms. The summed E-state index contributed by atoms with van der Waals surface area (Å²) < 4.78 is 16.0. The highest BCUT2D eigenvalue weighted by Crippen LogP contribution is 2.38. The van der Waals surface area contributed by atoms with E-state index < -0.39 is 0 Å². The van der Waals surface area contributed by atoms with Crippen molar-refractivity contribution in [1.82, 2.24) is 5.32 Å². The van der Waals surface area contributed by atoms with Crippen molar-refractivity contribution in [3.8, 4) is 17.2 Å². The van der Waals surface area contributed by atoms with Crippen molar-refractivity contribution < 1.29 is 14.2 Å². The van der Waals surface area contributed by atoms with Crippen molar-refractivity contribution in [1.29, 1.82) is 0 Å². The molecule has 0 aromatic heterocycles. The molecular weight excluding hydrogens is 242 g/mol. The highest BCUT2D eigenvalue weighted by atomic mass is 16.5. The van der Waals surface area contributed by atoms with Gasteiger partial charge in [0.25, 0.3) is 0 Å². The van der Waals surface area contributed by atoms with Crippen LogP contribution in [0.1, 0.15) is 26.3 Å². The van der Waals surface area contributed by atoms with Crippen molar-refractivity contribution >= 4 is 0 Å². The summed E-state index contributed by atoms with van der Waals surface area (Å²) in [5.74, 6) is 2.61. The minimum Gasteiger partial charge on any atom is -0.493 e. The summed E-state index contributed by atoms with van der Waals surface area (Å²) in [7, 11) is 4.87. The van der Waals surface area contributed by atoms with E-state index in [2.05, 4.69) is 26.1 Å². The maximum absolute atomic E-state index is 5.34. The fourth-order valence-corrected chi connectivity index (χ4v) is 1.75. The van der Waals surface area contributed by atoms with Crippen molar-refractivity contribution in [3.63, 3.8) is 0 Å². The fraction of sp³-hybridized carbons (Fsp3) is 0.600. The Kier molecular flexibility index (Phi) is 5.96. The lowest BCUT2D eigenvalue weighted by molar-refractivity contribution is 0.323. The number of benzene rings is 1. The van der Waals surface area contributed by atoms with E-state index in [1.54, 1.807) is 21.3 Å². The Labute approximate surface area is 116 Å². The van der Waals surface area contributed by atoms with Gasteiger partial charge in [-0.05, 0) is 30.5 Å². The number of methoxy groups -OCH3 is 3. The van der Waals surface area contributed by atoms with Crippen LogP contribution >= 0.6 is 0 Å². The second kappa shape index (κ2) is 7.24. The molecule has 1 unspecified atom stereocenters. The number of hydrogen-bond acceptors (Lipinski definition) is 4. The number of rotatable bonds is 7. The predicted octanol–water partition coefficient (Wildman–Crippen LogP) is 2.85. The van der Waals surface area contributed by atoms with E-state index in [9.17, 15) is 0 Å². The van der Waals surface area contributed by atoms with Crippen molar-refractivity contribution in [3.05, 3.63) is 17.7 Å². The lowest BCUT2D eigenvalue weighted by Gasteiger charge is -2.19. The molecule has 0 saturated carbocycles. The van der Waals surface area contributed by atoms with Crippen molar-refractivity contribution in [2.75, 3.05) is 21.3 Å². The minimum atomic E-state index is 0.457. The Balaban J connectivity index is 2.90. The van der Waals surface area contributed by atoms with Crippen LogP contribution in [0.3, 0.4) is 0 Å². The second-order valence-corrected chi connectivity index (χ2v) is 4.95. The molecule has 108 valence electrons. The zero-order valence-corrected chi connectivity index (χ0v) is 12.7. The number of ether oxygens (including phenoxy) is 3. The zero-order chi connectivity index (χ0) is 14.4. The lowest BCUT2D eigenvalue weighted by Crippen LogP contribution is -2.30. The van der Waals surface area contributed by atoms with E-state index >= 15 is 0 Å². The van der Waals surface area contributed by atoms with Crippen LogP contribution in [0.15, 0.2) is 12.1 Å². The third kappa shape index (κ3) is 4.03.